The molecule has 0 bridgehead atoms. The molecule has 1 unspecified atom stereocenters. The fourth-order valence-electron chi connectivity index (χ4n) is 2.01. The average Bonchev–Trinajstić information content (AvgIpc) is 2.33. The molecule has 0 amide bonds. The number of carbonyl (C=O) groups excluding carboxylic acids is 1. The summed E-state index contributed by atoms with van der Waals surface area (Å²) in [6.45, 7) is 1.97. The predicted octanol–water partition coefficient (Wildman–Crippen LogP) is 2.64. The molecule has 1 fully saturated rings. The minimum atomic E-state index is -0.166. The van der Waals surface area contributed by atoms with Gasteiger partial charge in [-0.3, -0.25) is 4.79 Å². The van der Waals surface area contributed by atoms with Crippen molar-refractivity contribution in [1.82, 2.24) is 5.32 Å². The van der Waals surface area contributed by atoms with E-state index in [-0.39, 0.29) is 5.97 Å². The lowest BCUT2D eigenvalue weighted by Gasteiger charge is -2.21. The molecule has 1 aromatic carbocycles. The highest BCUT2D eigenvalue weighted by Gasteiger charge is 2.17. The molecule has 0 aliphatic carbocycles. The SMILES string of the molecule is O=C(CC1CCCNC1)Oc1ccc(Cl)cc1. The van der Waals surface area contributed by atoms with Crippen molar-refractivity contribution in [1.29, 1.82) is 0 Å². The maximum atomic E-state index is 11.7. The van der Waals surface area contributed by atoms with Crippen LogP contribution in [0.2, 0.25) is 5.02 Å². The molecule has 17 heavy (non-hydrogen) atoms. The Morgan fingerprint density at radius 1 is 1.41 bits per heavy atom. The maximum absolute atomic E-state index is 11.7. The molecule has 1 saturated heterocycles. The number of rotatable bonds is 3. The van der Waals surface area contributed by atoms with Gasteiger partial charge in [0.1, 0.15) is 5.75 Å². The molecule has 1 aliphatic heterocycles. The van der Waals surface area contributed by atoms with Gasteiger partial charge in [0.05, 0.1) is 0 Å². The highest BCUT2D eigenvalue weighted by atomic mass is 35.5. The normalized spacial score (nSPS) is 19.9. The van der Waals surface area contributed by atoms with Crippen molar-refractivity contribution in [3.8, 4) is 5.75 Å². The number of halogens is 1. The fourth-order valence-corrected chi connectivity index (χ4v) is 2.14. The van der Waals surface area contributed by atoms with Gasteiger partial charge in [0.25, 0.3) is 0 Å². The third kappa shape index (κ3) is 4.02. The molecule has 4 heteroatoms. The van der Waals surface area contributed by atoms with Crippen LogP contribution >= 0.6 is 11.6 Å². The summed E-state index contributed by atoms with van der Waals surface area (Å²) in [6, 6.07) is 6.84. The first-order chi connectivity index (χ1) is 8.24. The molecular formula is C13H16ClNO2. The van der Waals surface area contributed by atoms with Crippen LogP contribution in [-0.4, -0.2) is 19.1 Å². The summed E-state index contributed by atoms with van der Waals surface area (Å²) in [5, 5.41) is 3.93. The van der Waals surface area contributed by atoms with E-state index in [1.165, 1.54) is 0 Å². The molecule has 1 N–H and O–H groups in total. The Morgan fingerprint density at radius 2 is 2.18 bits per heavy atom. The highest BCUT2D eigenvalue weighted by Crippen LogP contribution is 2.18. The van der Waals surface area contributed by atoms with E-state index in [0.717, 1.165) is 25.9 Å². The van der Waals surface area contributed by atoms with Gasteiger partial charge in [-0.15, -0.1) is 0 Å². The summed E-state index contributed by atoms with van der Waals surface area (Å²) in [7, 11) is 0. The minimum absolute atomic E-state index is 0.166. The van der Waals surface area contributed by atoms with Crippen LogP contribution in [0, 0.1) is 5.92 Å². The van der Waals surface area contributed by atoms with E-state index in [9.17, 15) is 4.79 Å². The van der Waals surface area contributed by atoms with Gasteiger partial charge < -0.3 is 10.1 Å². The lowest BCUT2D eigenvalue weighted by atomic mass is 9.96. The van der Waals surface area contributed by atoms with Crippen molar-refractivity contribution in [2.24, 2.45) is 5.92 Å². The summed E-state index contributed by atoms with van der Waals surface area (Å²) in [6.07, 6.45) is 2.72. The van der Waals surface area contributed by atoms with Crippen LogP contribution in [0.3, 0.4) is 0 Å². The molecular weight excluding hydrogens is 238 g/mol. The van der Waals surface area contributed by atoms with Crippen LogP contribution < -0.4 is 10.1 Å². The third-order valence-corrected chi connectivity index (χ3v) is 3.15. The minimum Gasteiger partial charge on any atom is -0.427 e. The smallest absolute Gasteiger partial charge is 0.311 e. The molecule has 1 atom stereocenters. The van der Waals surface area contributed by atoms with Gasteiger partial charge in [-0.1, -0.05) is 11.6 Å². The second-order valence-electron chi connectivity index (χ2n) is 4.34. The fraction of sp³-hybridized carbons (Fsp3) is 0.462. The van der Waals surface area contributed by atoms with E-state index in [1.54, 1.807) is 24.3 Å². The van der Waals surface area contributed by atoms with Gasteiger partial charge >= 0.3 is 5.97 Å². The molecule has 1 aliphatic rings. The van der Waals surface area contributed by atoms with Crippen molar-refractivity contribution >= 4 is 17.6 Å². The standard InChI is InChI=1S/C13H16ClNO2/c14-11-3-5-12(6-4-11)17-13(16)8-10-2-1-7-15-9-10/h3-6,10,15H,1-2,7-9H2. The summed E-state index contributed by atoms with van der Waals surface area (Å²) >= 11 is 5.76. The Balaban J connectivity index is 1.82. The van der Waals surface area contributed by atoms with E-state index < -0.39 is 0 Å². The van der Waals surface area contributed by atoms with Crippen molar-refractivity contribution in [2.75, 3.05) is 13.1 Å². The van der Waals surface area contributed by atoms with Crippen molar-refractivity contribution in [3.63, 3.8) is 0 Å². The van der Waals surface area contributed by atoms with E-state index in [1.807, 2.05) is 0 Å². The van der Waals surface area contributed by atoms with E-state index in [2.05, 4.69) is 5.32 Å². The van der Waals surface area contributed by atoms with E-state index >= 15 is 0 Å². The molecule has 92 valence electrons. The largest absolute Gasteiger partial charge is 0.427 e. The second kappa shape index (κ2) is 6.03. The second-order valence-corrected chi connectivity index (χ2v) is 4.78. The number of hydrogen-bond donors (Lipinski definition) is 1. The van der Waals surface area contributed by atoms with Crippen LogP contribution in [0.4, 0.5) is 0 Å². The molecule has 0 spiro atoms. The Hall–Kier alpha value is -1.06. The molecule has 2 rings (SSSR count). The van der Waals surface area contributed by atoms with Crippen LogP contribution in [0.5, 0.6) is 5.75 Å². The van der Waals surface area contributed by atoms with E-state index in [4.69, 9.17) is 16.3 Å². The lowest BCUT2D eigenvalue weighted by molar-refractivity contribution is -0.135. The Labute approximate surface area is 106 Å². The van der Waals surface area contributed by atoms with Crippen molar-refractivity contribution < 1.29 is 9.53 Å². The first-order valence-electron chi connectivity index (χ1n) is 5.91. The Bertz CT molecular complexity index is 372. The summed E-state index contributed by atoms with van der Waals surface area (Å²) in [5.41, 5.74) is 0. The summed E-state index contributed by atoms with van der Waals surface area (Å²) in [5.74, 6) is 0.799. The predicted molar refractivity (Wildman–Crippen MR) is 67.3 cm³/mol. The number of hydrogen-bond acceptors (Lipinski definition) is 3. The maximum Gasteiger partial charge on any atom is 0.311 e. The number of nitrogens with one attached hydrogen (secondary N) is 1. The molecule has 1 aromatic rings. The van der Waals surface area contributed by atoms with Crippen molar-refractivity contribution in [3.05, 3.63) is 29.3 Å². The van der Waals surface area contributed by atoms with Crippen molar-refractivity contribution in [2.45, 2.75) is 19.3 Å². The Kier molecular flexibility index (Phi) is 4.40. The molecule has 3 nitrogen and oxygen atoms in total. The van der Waals surface area contributed by atoms with Gasteiger partial charge in [0, 0.05) is 11.4 Å². The number of benzene rings is 1. The zero-order chi connectivity index (χ0) is 12.1. The summed E-state index contributed by atoms with van der Waals surface area (Å²) in [4.78, 5) is 11.7. The van der Waals surface area contributed by atoms with Gasteiger partial charge in [0.15, 0.2) is 0 Å². The van der Waals surface area contributed by atoms with Gasteiger partial charge in [0.2, 0.25) is 0 Å². The summed E-state index contributed by atoms with van der Waals surface area (Å²) < 4.78 is 5.25. The molecule has 1 heterocycles. The van der Waals surface area contributed by atoms with Crippen LogP contribution in [0.1, 0.15) is 19.3 Å². The van der Waals surface area contributed by atoms with Crippen LogP contribution in [0.15, 0.2) is 24.3 Å². The van der Waals surface area contributed by atoms with Gasteiger partial charge in [-0.25, -0.2) is 0 Å². The molecule has 0 aromatic heterocycles. The monoisotopic (exact) mass is 253 g/mol. The number of carbonyl (C=O) groups is 1. The van der Waals surface area contributed by atoms with E-state index in [0.29, 0.717) is 23.1 Å². The number of esters is 1. The average molecular weight is 254 g/mol. The zero-order valence-corrected chi connectivity index (χ0v) is 10.4. The quantitative estimate of drug-likeness (QED) is 0.665. The number of ether oxygens (including phenoxy) is 1. The first-order valence-corrected chi connectivity index (χ1v) is 6.29. The van der Waals surface area contributed by atoms with Crippen LogP contribution in [0.25, 0.3) is 0 Å². The zero-order valence-electron chi connectivity index (χ0n) is 9.62. The molecule has 0 saturated carbocycles. The van der Waals surface area contributed by atoms with Gasteiger partial charge in [-0.05, 0) is 56.1 Å². The topological polar surface area (TPSA) is 38.3 Å². The molecule has 0 radical (unpaired) electrons. The first kappa shape index (κ1) is 12.4. The van der Waals surface area contributed by atoms with Gasteiger partial charge in [-0.2, -0.15) is 0 Å². The Morgan fingerprint density at radius 3 is 2.82 bits per heavy atom. The third-order valence-electron chi connectivity index (χ3n) is 2.90. The lowest BCUT2D eigenvalue weighted by Crippen LogP contribution is -2.31. The van der Waals surface area contributed by atoms with Crippen LogP contribution in [-0.2, 0) is 4.79 Å². The number of piperidine rings is 1. The highest BCUT2D eigenvalue weighted by molar-refractivity contribution is 6.30.